The van der Waals surface area contributed by atoms with Gasteiger partial charge in [0.25, 0.3) is 0 Å². The number of benzene rings is 2. The lowest BCUT2D eigenvalue weighted by molar-refractivity contribution is -0.117. The van der Waals surface area contributed by atoms with Gasteiger partial charge in [-0.2, -0.15) is 0 Å². The maximum absolute atomic E-state index is 12.1. The molecule has 3 nitrogen and oxygen atoms in total. The van der Waals surface area contributed by atoms with Crippen molar-refractivity contribution in [3.8, 4) is 0 Å². The van der Waals surface area contributed by atoms with Crippen LogP contribution in [0.25, 0.3) is 0 Å². The molecule has 1 amide bonds. The number of rotatable bonds is 3. The van der Waals surface area contributed by atoms with Gasteiger partial charge in [0.05, 0.1) is 6.54 Å². The standard InChI is InChI=1S/C17H17ClN2O/c1-12-6-7-15(8-16(12)18)19-17(21)11-20-9-13-4-2-3-5-14(13)10-20/h2-8H,9-11H2,1H3,(H,19,21). The molecule has 0 radical (unpaired) electrons. The van der Waals surface area contributed by atoms with Crippen LogP contribution in [-0.4, -0.2) is 17.4 Å². The first-order valence-corrected chi connectivity index (χ1v) is 7.35. The maximum Gasteiger partial charge on any atom is 0.238 e. The Morgan fingerprint density at radius 3 is 2.48 bits per heavy atom. The molecule has 1 aliphatic rings. The number of amides is 1. The molecule has 0 unspecified atom stereocenters. The minimum absolute atomic E-state index is 0.0114. The summed E-state index contributed by atoms with van der Waals surface area (Å²) in [6, 6.07) is 13.9. The van der Waals surface area contributed by atoms with Gasteiger partial charge >= 0.3 is 0 Å². The van der Waals surface area contributed by atoms with Crippen LogP contribution in [0.1, 0.15) is 16.7 Å². The summed E-state index contributed by atoms with van der Waals surface area (Å²) < 4.78 is 0. The van der Waals surface area contributed by atoms with Crippen molar-refractivity contribution in [2.75, 3.05) is 11.9 Å². The average Bonchev–Trinajstić information content (AvgIpc) is 2.84. The number of nitrogens with one attached hydrogen (secondary N) is 1. The Kier molecular flexibility index (Phi) is 3.95. The van der Waals surface area contributed by atoms with E-state index in [1.807, 2.05) is 31.2 Å². The van der Waals surface area contributed by atoms with Gasteiger partial charge in [-0.25, -0.2) is 0 Å². The Morgan fingerprint density at radius 2 is 1.86 bits per heavy atom. The third-order valence-corrected chi connectivity index (χ3v) is 4.14. The lowest BCUT2D eigenvalue weighted by Crippen LogP contribution is -2.29. The fraction of sp³-hybridized carbons (Fsp3) is 0.235. The number of nitrogens with zero attached hydrogens (tertiary/aromatic N) is 1. The number of hydrogen-bond acceptors (Lipinski definition) is 2. The highest BCUT2D eigenvalue weighted by Gasteiger charge is 2.20. The van der Waals surface area contributed by atoms with E-state index in [0.717, 1.165) is 24.3 Å². The minimum Gasteiger partial charge on any atom is -0.325 e. The Labute approximate surface area is 129 Å². The van der Waals surface area contributed by atoms with Crippen molar-refractivity contribution in [2.45, 2.75) is 20.0 Å². The van der Waals surface area contributed by atoms with Gasteiger partial charge < -0.3 is 5.32 Å². The molecule has 0 aliphatic carbocycles. The van der Waals surface area contributed by atoms with E-state index < -0.39 is 0 Å². The van der Waals surface area contributed by atoms with E-state index in [0.29, 0.717) is 11.6 Å². The van der Waals surface area contributed by atoms with Gasteiger partial charge in [-0.3, -0.25) is 9.69 Å². The molecule has 0 bridgehead atoms. The van der Waals surface area contributed by atoms with Crippen molar-refractivity contribution < 1.29 is 4.79 Å². The molecule has 3 rings (SSSR count). The van der Waals surface area contributed by atoms with Crippen LogP contribution in [0.5, 0.6) is 0 Å². The van der Waals surface area contributed by atoms with Crippen molar-refractivity contribution in [1.82, 2.24) is 4.90 Å². The monoisotopic (exact) mass is 300 g/mol. The molecule has 1 N–H and O–H groups in total. The normalized spacial score (nSPS) is 14.0. The van der Waals surface area contributed by atoms with Gasteiger partial charge in [0, 0.05) is 23.8 Å². The van der Waals surface area contributed by atoms with Crippen molar-refractivity contribution in [3.05, 3.63) is 64.2 Å². The number of anilines is 1. The smallest absolute Gasteiger partial charge is 0.238 e. The van der Waals surface area contributed by atoms with Gasteiger partial charge in [0.1, 0.15) is 0 Å². The third-order valence-electron chi connectivity index (χ3n) is 3.73. The van der Waals surface area contributed by atoms with Gasteiger partial charge in [0.2, 0.25) is 5.91 Å². The molecule has 2 aromatic rings. The Balaban J connectivity index is 1.59. The highest BCUT2D eigenvalue weighted by atomic mass is 35.5. The first kappa shape index (κ1) is 14.1. The molecule has 21 heavy (non-hydrogen) atoms. The van der Waals surface area contributed by atoms with Gasteiger partial charge in [-0.1, -0.05) is 41.9 Å². The van der Waals surface area contributed by atoms with Crippen molar-refractivity contribution >= 4 is 23.2 Å². The quantitative estimate of drug-likeness (QED) is 0.939. The molecule has 0 saturated heterocycles. The third kappa shape index (κ3) is 3.26. The van der Waals surface area contributed by atoms with E-state index in [9.17, 15) is 4.79 Å². The molecule has 0 saturated carbocycles. The molecule has 1 heterocycles. The highest BCUT2D eigenvalue weighted by molar-refractivity contribution is 6.31. The van der Waals surface area contributed by atoms with Gasteiger partial charge in [0.15, 0.2) is 0 Å². The van der Waals surface area contributed by atoms with Crippen molar-refractivity contribution in [3.63, 3.8) is 0 Å². The molecule has 0 fully saturated rings. The van der Waals surface area contributed by atoms with Crippen LogP contribution >= 0.6 is 11.6 Å². The number of carbonyl (C=O) groups is 1. The molecule has 1 aliphatic heterocycles. The summed E-state index contributed by atoms with van der Waals surface area (Å²) in [5.41, 5.74) is 4.37. The minimum atomic E-state index is -0.0114. The number of hydrogen-bond donors (Lipinski definition) is 1. The van der Waals surface area contributed by atoms with Crippen LogP contribution in [0.4, 0.5) is 5.69 Å². The van der Waals surface area contributed by atoms with Crippen LogP contribution in [0.15, 0.2) is 42.5 Å². The zero-order chi connectivity index (χ0) is 14.8. The fourth-order valence-electron chi connectivity index (χ4n) is 2.59. The fourth-order valence-corrected chi connectivity index (χ4v) is 2.77. The lowest BCUT2D eigenvalue weighted by atomic mass is 10.1. The first-order valence-electron chi connectivity index (χ1n) is 6.97. The number of fused-ring (bicyclic) bond motifs is 1. The molecule has 0 spiro atoms. The van der Waals surface area contributed by atoms with Crippen LogP contribution < -0.4 is 5.32 Å². The van der Waals surface area contributed by atoms with E-state index in [2.05, 4.69) is 22.3 Å². The van der Waals surface area contributed by atoms with Crippen molar-refractivity contribution in [2.24, 2.45) is 0 Å². The predicted octanol–water partition coefficient (Wildman–Crippen LogP) is 3.60. The summed E-state index contributed by atoms with van der Waals surface area (Å²) in [5, 5.41) is 3.57. The largest absolute Gasteiger partial charge is 0.325 e. The van der Waals surface area contributed by atoms with Crippen LogP contribution in [0, 0.1) is 6.92 Å². The topological polar surface area (TPSA) is 32.3 Å². The van der Waals surface area contributed by atoms with E-state index in [-0.39, 0.29) is 5.91 Å². The first-order chi connectivity index (χ1) is 10.1. The van der Waals surface area contributed by atoms with Crippen LogP contribution in [0.3, 0.4) is 0 Å². The number of halogens is 1. The Morgan fingerprint density at radius 1 is 1.19 bits per heavy atom. The summed E-state index contributed by atoms with van der Waals surface area (Å²) in [6.07, 6.45) is 0. The molecule has 0 atom stereocenters. The van der Waals surface area contributed by atoms with E-state index >= 15 is 0 Å². The Hall–Kier alpha value is -1.84. The Bertz CT molecular complexity index is 659. The van der Waals surface area contributed by atoms with E-state index in [1.54, 1.807) is 6.07 Å². The second-order valence-electron chi connectivity index (χ2n) is 5.43. The molecule has 0 aromatic heterocycles. The summed E-state index contributed by atoms with van der Waals surface area (Å²) in [6.45, 7) is 3.99. The zero-order valence-corrected chi connectivity index (χ0v) is 12.7. The van der Waals surface area contributed by atoms with Crippen LogP contribution in [-0.2, 0) is 17.9 Å². The van der Waals surface area contributed by atoms with Crippen LogP contribution in [0.2, 0.25) is 5.02 Å². The highest BCUT2D eigenvalue weighted by Crippen LogP contribution is 2.22. The van der Waals surface area contributed by atoms with Gasteiger partial charge in [-0.15, -0.1) is 0 Å². The molecular weight excluding hydrogens is 284 g/mol. The van der Waals surface area contributed by atoms with Gasteiger partial charge in [-0.05, 0) is 35.7 Å². The summed E-state index contributed by atoms with van der Waals surface area (Å²) >= 11 is 6.07. The molecule has 4 heteroatoms. The second kappa shape index (κ2) is 5.88. The summed E-state index contributed by atoms with van der Waals surface area (Å²) in [7, 11) is 0. The van der Waals surface area contributed by atoms with E-state index in [4.69, 9.17) is 11.6 Å². The lowest BCUT2D eigenvalue weighted by Gasteiger charge is -2.14. The number of carbonyl (C=O) groups excluding carboxylic acids is 1. The summed E-state index contributed by atoms with van der Waals surface area (Å²) in [4.78, 5) is 14.3. The SMILES string of the molecule is Cc1ccc(NC(=O)CN2Cc3ccccc3C2)cc1Cl. The zero-order valence-electron chi connectivity index (χ0n) is 11.9. The number of aryl methyl sites for hydroxylation is 1. The van der Waals surface area contributed by atoms with E-state index in [1.165, 1.54) is 11.1 Å². The molecular formula is C17H17ClN2O. The molecule has 108 valence electrons. The van der Waals surface area contributed by atoms with Crippen molar-refractivity contribution in [1.29, 1.82) is 0 Å². The summed E-state index contributed by atoms with van der Waals surface area (Å²) in [5.74, 6) is -0.0114. The second-order valence-corrected chi connectivity index (χ2v) is 5.83. The average molecular weight is 301 g/mol. The maximum atomic E-state index is 12.1. The molecule has 2 aromatic carbocycles. The predicted molar refractivity (Wildman–Crippen MR) is 85.4 cm³/mol.